The Balaban J connectivity index is 1.24. The number of benzene rings is 7. The van der Waals surface area contributed by atoms with Gasteiger partial charge in [-0.05, 0) is 56.8 Å². The lowest BCUT2D eigenvalue weighted by Crippen LogP contribution is -2.14. The third-order valence-corrected chi connectivity index (χ3v) is 10.3. The minimum absolute atomic E-state index is 0.170. The fraction of sp³-hybridized carbons (Fsp3) is 0.0652. The molecule has 0 N–H and O–H groups in total. The van der Waals surface area contributed by atoms with Crippen molar-refractivity contribution in [2.75, 3.05) is 0 Å². The second-order valence-corrected chi connectivity index (χ2v) is 13.6. The number of hydrogen-bond donors (Lipinski definition) is 0. The summed E-state index contributed by atoms with van der Waals surface area (Å²) in [5, 5.41) is 4.50. The zero-order valence-corrected chi connectivity index (χ0v) is 27.7. The van der Waals surface area contributed by atoms with Crippen LogP contribution in [0, 0.1) is 0 Å². The maximum absolute atomic E-state index is 6.75. The van der Waals surface area contributed by atoms with Crippen molar-refractivity contribution in [1.82, 2.24) is 15.0 Å². The second-order valence-electron chi connectivity index (χ2n) is 13.6. The first kappa shape index (κ1) is 28.6. The van der Waals surface area contributed by atoms with Crippen molar-refractivity contribution in [3.8, 4) is 56.4 Å². The minimum Gasteiger partial charge on any atom is -0.455 e. The molecule has 1 aliphatic carbocycles. The summed E-state index contributed by atoms with van der Waals surface area (Å²) in [6.07, 6.45) is 0. The summed E-state index contributed by atoms with van der Waals surface area (Å²) in [5.74, 6) is 1.91. The molecule has 0 atom stereocenters. The van der Waals surface area contributed by atoms with E-state index in [4.69, 9.17) is 19.4 Å². The molecule has 9 aromatic rings. The van der Waals surface area contributed by atoms with E-state index in [2.05, 4.69) is 129 Å². The lowest BCUT2D eigenvalue weighted by molar-refractivity contribution is 0.658. The first-order valence-corrected chi connectivity index (χ1v) is 17.0. The molecule has 0 bridgehead atoms. The van der Waals surface area contributed by atoms with Gasteiger partial charge >= 0.3 is 0 Å². The monoisotopic (exact) mass is 641 g/mol. The normalized spacial score (nSPS) is 13.2. The van der Waals surface area contributed by atoms with Gasteiger partial charge < -0.3 is 4.42 Å². The van der Waals surface area contributed by atoms with E-state index in [-0.39, 0.29) is 5.41 Å². The van der Waals surface area contributed by atoms with Crippen molar-refractivity contribution in [2.24, 2.45) is 0 Å². The molecule has 2 aromatic heterocycles. The average molecular weight is 642 g/mol. The lowest BCUT2D eigenvalue weighted by atomic mass is 9.81. The van der Waals surface area contributed by atoms with Crippen LogP contribution in [0.15, 0.2) is 156 Å². The molecule has 0 amide bonds. The molecule has 50 heavy (non-hydrogen) atoms. The van der Waals surface area contributed by atoms with E-state index in [9.17, 15) is 0 Å². The zero-order chi connectivity index (χ0) is 33.4. The van der Waals surface area contributed by atoms with Crippen LogP contribution in [-0.2, 0) is 5.41 Å². The van der Waals surface area contributed by atoms with E-state index in [1.807, 2.05) is 36.4 Å². The van der Waals surface area contributed by atoms with Gasteiger partial charge in [-0.1, -0.05) is 147 Å². The first-order valence-electron chi connectivity index (χ1n) is 17.0. The minimum atomic E-state index is -0.170. The highest BCUT2D eigenvalue weighted by atomic mass is 16.3. The molecule has 2 heterocycles. The molecular weight excluding hydrogens is 611 g/mol. The highest BCUT2D eigenvalue weighted by molar-refractivity contribution is 6.15. The molecule has 0 radical (unpaired) electrons. The van der Waals surface area contributed by atoms with E-state index in [1.165, 1.54) is 22.3 Å². The van der Waals surface area contributed by atoms with Gasteiger partial charge in [0.15, 0.2) is 17.5 Å². The molecule has 10 rings (SSSR count). The Bertz CT molecular complexity index is 2790. The molecule has 1 aliphatic rings. The number of rotatable bonds is 4. The number of para-hydroxylation sites is 1. The zero-order valence-electron chi connectivity index (χ0n) is 27.7. The average Bonchev–Trinajstić information content (AvgIpc) is 3.66. The van der Waals surface area contributed by atoms with E-state index in [0.717, 1.165) is 60.5 Å². The highest BCUT2D eigenvalue weighted by Gasteiger charge is 2.38. The fourth-order valence-corrected chi connectivity index (χ4v) is 7.87. The third kappa shape index (κ3) is 4.28. The molecule has 0 saturated heterocycles. The molecule has 0 unspecified atom stereocenters. The predicted octanol–water partition coefficient (Wildman–Crippen LogP) is 11.9. The maximum atomic E-state index is 6.75. The molecule has 4 nitrogen and oxygen atoms in total. The van der Waals surface area contributed by atoms with Crippen LogP contribution < -0.4 is 0 Å². The van der Waals surface area contributed by atoms with E-state index in [1.54, 1.807) is 0 Å². The lowest BCUT2D eigenvalue weighted by Gasteiger charge is -2.22. The summed E-state index contributed by atoms with van der Waals surface area (Å²) in [4.78, 5) is 15.3. The first-order chi connectivity index (χ1) is 24.5. The van der Waals surface area contributed by atoms with Crippen LogP contribution in [0.1, 0.15) is 25.0 Å². The van der Waals surface area contributed by atoms with Crippen molar-refractivity contribution in [2.45, 2.75) is 19.3 Å². The molecular formula is C46H31N3O. The van der Waals surface area contributed by atoms with Gasteiger partial charge in [0.2, 0.25) is 0 Å². The second kappa shape index (κ2) is 10.8. The number of fused-ring (bicyclic) bond motifs is 7. The van der Waals surface area contributed by atoms with Gasteiger partial charge in [-0.2, -0.15) is 0 Å². The smallest absolute Gasteiger partial charge is 0.164 e. The van der Waals surface area contributed by atoms with Gasteiger partial charge in [0.05, 0.1) is 0 Å². The summed E-state index contributed by atoms with van der Waals surface area (Å²) in [5.41, 5.74) is 11.7. The maximum Gasteiger partial charge on any atom is 0.164 e. The van der Waals surface area contributed by atoms with Crippen LogP contribution in [0.2, 0.25) is 0 Å². The number of aromatic nitrogens is 3. The Hall–Kier alpha value is -6.39. The Labute approximate surface area is 289 Å². The van der Waals surface area contributed by atoms with Gasteiger partial charge in [0.25, 0.3) is 0 Å². The van der Waals surface area contributed by atoms with Crippen LogP contribution in [0.25, 0.3) is 89.1 Å². The van der Waals surface area contributed by atoms with Crippen molar-refractivity contribution in [3.05, 3.63) is 163 Å². The SMILES string of the molecule is CC1(C)c2ccccc2-c2c1cc1c(oc3ccccc31)c2-c1cccc(-c2nc(-c3ccccc3)nc(-c3cccc4ccccc34)n2)c1. The molecule has 236 valence electrons. The summed E-state index contributed by atoms with van der Waals surface area (Å²) < 4.78 is 6.75. The Morgan fingerprint density at radius 2 is 1.06 bits per heavy atom. The molecule has 4 heteroatoms. The summed E-state index contributed by atoms with van der Waals surface area (Å²) in [6.45, 7) is 4.66. The quantitative estimate of drug-likeness (QED) is 0.192. The molecule has 0 saturated carbocycles. The Morgan fingerprint density at radius 1 is 0.440 bits per heavy atom. The van der Waals surface area contributed by atoms with E-state index in [0.29, 0.717) is 17.5 Å². The molecule has 0 aliphatic heterocycles. The predicted molar refractivity (Wildman–Crippen MR) is 204 cm³/mol. The molecule has 0 spiro atoms. The van der Waals surface area contributed by atoms with E-state index >= 15 is 0 Å². The standard InChI is InChI=1S/C46H31N3O/c1-46(2)37-24-10-8-22-35(37)41-38(46)27-36-33-21-9-11-25-39(33)50-42(36)40(41)30-18-12-19-31(26-30)44-47-43(29-15-4-3-5-16-29)48-45(49-44)34-23-13-17-28-14-6-7-20-32(28)34/h3-27H,1-2H3. The largest absolute Gasteiger partial charge is 0.455 e. The van der Waals surface area contributed by atoms with Gasteiger partial charge in [0, 0.05) is 38.4 Å². The highest BCUT2D eigenvalue weighted by Crippen LogP contribution is 2.55. The van der Waals surface area contributed by atoms with Crippen LogP contribution >= 0.6 is 0 Å². The van der Waals surface area contributed by atoms with Gasteiger partial charge in [0.1, 0.15) is 11.2 Å². The van der Waals surface area contributed by atoms with Crippen molar-refractivity contribution in [3.63, 3.8) is 0 Å². The summed E-state index contributed by atoms with van der Waals surface area (Å²) >= 11 is 0. The van der Waals surface area contributed by atoms with Crippen LogP contribution in [0.3, 0.4) is 0 Å². The van der Waals surface area contributed by atoms with Gasteiger partial charge in [-0.25, -0.2) is 15.0 Å². The van der Waals surface area contributed by atoms with Gasteiger partial charge in [-0.15, -0.1) is 0 Å². The molecule has 7 aromatic carbocycles. The van der Waals surface area contributed by atoms with Crippen LogP contribution in [0.5, 0.6) is 0 Å². The fourth-order valence-electron chi connectivity index (χ4n) is 7.87. The Morgan fingerprint density at radius 3 is 1.94 bits per heavy atom. The van der Waals surface area contributed by atoms with Crippen molar-refractivity contribution >= 4 is 32.7 Å². The third-order valence-electron chi connectivity index (χ3n) is 10.3. The number of nitrogens with zero attached hydrogens (tertiary/aromatic N) is 3. The molecule has 0 fully saturated rings. The number of hydrogen-bond acceptors (Lipinski definition) is 4. The topological polar surface area (TPSA) is 51.8 Å². The summed E-state index contributed by atoms with van der Waals surface area (Å²) in [6, 6.07) is 52.9. The number of furan rings is 1. The van der Waals surface area contributed by atoms with Crippen LogP contribution in [0.4, 0.5) is 0 Å². The van der Waals surface area contributed by atoms with Crippen molar-refractivity contribution < 1.29 is 4.42 Å². The Kier molecular flexibility index (Phi) is 6.19. The van der Waals surface area contributed by atoms with Crippen LogP contribution in [-0.4, -0.2) is 15.0 Å². The van der Waals surface area contributed by atoms with Crippen molar-refractivity contribution in [1.29, 1.82) is 0 Å². The van der Waals surface area contributed by atoms with Gasteiger partial charge in [-0.3, -0.25) is 0 Å². The summed E-state index contributed by atoms with van der Waals surface area (Å²) in [7, 11) is 0. The van der Waals surface area contributed by atoms with E-state index < -0.39 is 0 Å².